The summed E-state index contributed by atoms with van der Waals surface area (Å²) in [7, 11) is 0. The van der Waals surface area contributed by atoms with Gasteiger partial charge in [-0.15, -0.1) is 0 Å². The summed E-state index contributed by atoms with van der Waals surface area (Å²) in [5.74, 6) is -0.970. The van der Waals surface area contributed by atoms with Gasteiger partial charge in [0.1, 0.15) is 0 Å². The van der Waals surface area contributed by atoms with Gasteiger partial charge in [-0.25, -0.2) is 0 Å². The number of carbonyl (C=O) groups is 2. The predicted octanol–water partition coefficient (Wildman–Crippen LogP) is 0.873. The molecule has 1 amide bonds. The van der Waals surface area contributed by atoms with Crippen molar-refractivity contribution in [1.82, 2.24) is 5.32 Å². The Morgan fingerprint density at radius 2 is 1.94 bits per heavy atom. The molecule has 5 nitrogen and oxygen atoms in total. The molecule has 1 saturated carbocycles. The molecule has 1 aliphatic rings. The molecule has 0 aliphatic heterocycles. The molecule has 1 rings (SSSR count). The molecule has 1 aliphatic carbocycles. The van der Waals surface area contributed by atoms with Crippen molar-refractivity contribution in [3.05, 3.63) is 0 Å². The Morgan fingerprint density at radius 3 is 2.41 bits per heavy atom. The van der Waals surface area contributed by atoms with Crippen LogP contribution in [-0.4, -0.2) is 29.1 Å². The molecule has 0 heterocycles. The lowest BCUT2D eigenvalue weighted by Gasteiger charge is -2.27. The molecule has 0 aromatic rings. The zero-order valence-electron chi connectivity index (χ0n) is 10.3. The molecule has 0 bridgehead atoms. The van der Waals surface area contributed by atoms with Crippen LogP contribution in [0, 0.1) is 5.92 Å². The number of carbonyl (C=O) groups excluding carboxylic acids is 1. The minimum Gasteiger partial charge on any atom is -0.481 e. The number of hydrogen-bond donors (Lipinski definition) is 3. The van der Waals surface area contributed by atoms with Gasteiger partial charge in [0.25, 0.3) is 0 Å². The molecule has 0 spiro atoms. The van der Waals surface area contributed by atoms with E-state index in [9.17, 15) is 9.59 Å². The predicted molar refractivity (Wildman–Crippen MR) is 64.4 cm³/mol. The second kappa shape index (κ2) is 6.59. The first-order valence-corrected chi connectivity index (χ1v) is 6.30. The summed E-state index contributed by atoms with van der Waals surface area (Å²) in [6.07, 6.45) is 3.96. The van der Waals surface area contributed by atoms with Gasteiger partial charge in [0.15, 0.2) is 0 Å². The van der Waals surface area contributed by atoms with Crippen LogP contribution >= 0.6 is 0 Å². The van der Waals surface area contributed by atoms with E-state index in [0.717, 1.165) is 19.3 Å². The summed E-state index contributed by atoms with van der Waals surface area (Å²) in [5, 5.41) is 11.8. The van der Waals surface area contributed by atoms with E-state index >= 15 is 0 Å². The Kier molecular flexibility index (Phi) is 5.41. The monoisotopic (exact) mass is 242 g/mol. The van der Waals surface area contributed by atoms with E-state index in [-0.39, 0.29) is 23.9 Å². The number of rotatable bonds is 5. The van der Waals surface area contributed by atoms with Crippen LogP contribution in [0.25, 0.3) is 0 Å². The van der Waals surface area contributed by atoms with Crippen LogP contribution in [0.2, 0.25) is 0 Å². The number of aliphatic carboxylic acids is 1. The maximum absolute atomic E-state index is 11.6. The number of carboxylic acid groups (broad SMARTS) is 1. The Labute approximate surface area is 102 Å². The topological polar surface area (TPSA) is 92.4 Å². The van der Waals surface area contributed by atoms with Gasteiger partial charge in [0.05, 0.1) is 5.92 Å². The maximum atomic E-state index is 11.6. The van der Waals surface area contributed by atoms with Gasteiger partial charge < -0.3 is 16.2 Å². The van der Waals surface area contributed by atoms with Crippen molar-refractivity contribution in [2.24, 2.45) is 11.7 Å². The molecule has 1 unspecified atom stereocenters. The van der Waals surface area contributed by atoms with Crippen LogP contribution < -0.4 is 11.1 Å². The highest BCUT2D eigenvalue weighted by Crippen LogP contribution is 2.24. The molecule has 1 atom stereocenters. The lowest BCUT2D eigenvalue weighted by molar-refractivity contribution is -0.142. The number of hydrogen-bond acceptors (Lipinski definition) is 3. The highest BCUT2D eigenvalue weighted by molar-refractivity contribution is 5.77. The standard InChI is InChI=1S/C12H22N2O3/c1-2-9(13)7-11(15)14-10-5-3-8(4-6-10)12(16)17/h8-10H,2-7,13H2,1H3,(H,14,15)(H,16,17). The smallest absolute Gasteiger partial charge is 0.306 e. The summed E-state index contributed by atoms with van der Waals surface area (Å²) in [6.45, 7) is 1.95. The van der Waals surface area contributed by atoms with E-state index < -0.39 is 5.97 Å². The van der Waals surface area contributed by atoms with E-state index in [4.69, 9.17) is 10.8 Å². The Morgan fingerprint density at radius 1 is 1.35 bits per heavy atom. The second-order valence-electron chi connectivity index (χ2n) is 4.83. The Balaban J connectivity index is 2.26. The zero-order valence-corrected chi connectivity index (χ0v) is 10.3. The van der Waals surface area contributed by atoms with Gasteiger partial charge in [-0.05, 0) is 32.1 Å². The summed E-state index contributed by atoms with van der Waals surface area (Å²) < 4.78 is 0. The summed E-state index contributed by atoms with van der Waals surface area (Å²) in [4.78, 5) is 22.4. The highest BCUT2D eigenvalue weighted by Gasteiger charge is 2.26. The second-order valence-corrected chi connectivity index (χ2v) is 4.83. The average molecular weight is 242 g/mol. The van der Waals surface area contributed by atoms with Gasteiger partial charge >= 0.3 is 5.97 Å². The Hall–Kier alpha value is -1.10. The third-order valence-corrected chi connectivity index (χ3v) is 3.41. The third-order valence-electron chi connectivity index (χ3n) is 3.41. The van der Waals surface area contributed by atoms with Gasteiger partial charge in [-0.2, -0.15) is 0 Å². The van der Waals surface area contributed by atoms with Crippen molar-refractivity contribution in [3.8, 4) is 0 Å². The summed E-state index contributed by atoms with van der Waals surface area (Å²) >= 11 is 0. The fourth-order valence-corrected chi connectivity index (χ4v) is 2.15. The molecular weight excluding hydrogens is 220 g/mol. The molecule has 98 valence electrons. The van der Waals surface area contributed by atoms with E-state index in [1.807, 2.05) is 6.92 Å². The van der Waals surface area contributed by atoms with E-state index in [1.54, 1.807) is 0 Å². The molecule has 0 radical (unpaired) electrons. The number of nitrogens with two attached hydrogens (primary N) is 1. The highest BCUT2D eigenvalue weighted by atomic mass is 16.4. The van der Waals surface area contributed by atoms with Crippen LogP contribution in [0.3, 0.4) is 0 Å². The first kappa shape index (κ1) is 14.0. The van der Waals surface area contributed by atoms with Crippen molar-refractivity contribution >= 4 is 11.9 Å². The van der Waals surface area contributed by atoms with Crippen LogP contribution in [0.5, 0.6) is 0 Å². The van der Waals surface area contributed by atoms with E-state index in [1.165, 1.54) is 0 Å². The number of amides is 1. The lowest BCUT2D eigenvalue weighted by atomic mass is 9.86. The summed E-state index contributed by atoms with van der Waals surface area (Å²) in [5.41, 5.74) is 5.70. The number of carboxylic acids is 1. The summed E-state index contributed by atoms with van der Waals surface area (Å²) in [6, 6.07) is 0.0486. The molecule has 5 heteroatoms. The molecule has 0 aromatic heterocycles. The minimum absolute atomic E-state index is 0.0156. The largest absolute Gasteiger partial charge is 0.481 e. The van der Waals surface area contributed by atoms with Crippen LogP contribution in [0.15, 0.2) is 0 Å². The quantitative estimate of drug-likeness (QED) is 0.667. The van der Waals surface area contributed by atoms with Gasteiger partial charge in [-0.1, -0.05) is 6.92 Å². The molecule has 17 heavy (non-hydrogen) atoms. The lowest BCUT2D eigenvalue weighted by Crippen LogP contribution is -2.40. The van der Waals surface area contributed by atoms with Crippen molar-refractivity contribution in [2.45, 2.75) is 57.5 Å². The van der Waals surface area contributed by atoms with Gasteiger partial charge in [0, 0.05) is 18.5 Å². The average Bonchev–Trinajstić information content (AvgIpc) is 2.29. The van der Waals surface area contributed by atoms with Crippen LogP contribution in [-0.2, 0) is 9.59 Å². The normalized spacial score (nSPS) is 26.2. The van der Waals surface area contributed by atoms with Gasteiger partial charge in [0.2, 0.25) is 5.91 Å². The van der Waals surface area contributed by atoms with Gasteiger partial charge in [-0.3, -0.25) is 9.59 Å². The van der Waals surface area contributed by atoms with Crippen molar-refractivity contribution in [1.29, 1.82) is 0 Å². The fourth-order valence-electron chi connectivity index (χ4n) is 2.15. The van der Waals surface area contributed by atoms with Crippen molar-refractivity contribution in [3.63, 3.8) is 0 Å². The molecule has 0 saturated heterocycles. The zero-order chi connectivity index (χ0) is 12.8. The maximum Gasteiger partial charge on any atom is 0.306 e. The third kappa shape index (κ3) is 4.73. The first-order chi connectivity index (χ1) is 8.02. The molecular formula is C12H22N2O3. The fraction of sp³-hybridized carbons (Fsp3) is 0.833. The molecule has 1 fully saturated rings. The molecule has 0 aromatic carbocycles. The van der Waals surface area contributed by atoms with E-state index in [0.29, 0.717) is 19.3 Å². The van der Waals surface area contributed by atoms with Crippen LogP contribution in [0.1, 0.15) is 45.4 Å². The number of nitrogens with one attached hydrogen (secondary N) is 1. The van der Waals surface area contributed by atoms with Crippen molar-refractivity contribution < 1.29 is 14.7 Å². The van der Waals surface area contributed by atoms with Crippen LogP contribution in [0.4, 0.5) is 0 Å². The SMILES string of the molecule is CCC(N)CC(=O)NC1CCC(C(=O)O)CC1. The molecule has 4 N–H and O–H groups in total. The minimum atomic E-state index is -0.720. The van der Waals surface area contributed by atoms with Crippen molar-refractivity contribution in [2.75, 3.05) is 0 Å². The first-order valence-electron chi connectivity index (χ1n) is 6.30. The Bertz CT molecular complexity index is 273. The van der Waals surface area contributed by atoms with E-state index in [2.05, 4.69) is 5.32 Å².